The Labute approximate surface area is 140 Å². The van der Waals surface area contributed by atoms with Crippen molar-refractivity contribution in [2.75, 3.05) is 13.1 Å². The summed E-state index contributed by atoms with van der Waals surface area (Å²) in [7, 11) is -3.43. The molecular formula is C18H28N2O2S. The Morgan fingerprint density at radius 1 is 1.17 bits per heavy atom. The molecule has 1 aromatic rings. The molecule has 1 saturated heterocycles. The Morgan fingerprint density at radius 3 is 2.30 bits per heavy atom. The Balaban J connectivity index is 1.80. The maximum absolute atomic E-state index is 12.9. The monoisotopic (exact) mass is 336 g/mol. The summed E-state index contributed by atoms with van der Waals surface area (Å²) in [5.41, 5.74) is 7.42. The second kappa shape index (κ2) is 5.87. The van der Waals surface area contributed by atoms with Gasteiger partial charge in [0.15, 0.2) is 0 Å². The molecule has 2 atom stereocenters. The minimum Gasteiger partial charge on any atom is -0.326 e. The normalized spacial score (nSPS) is 26.6. The molecule has 0 spiro atoms. The van der Waals surface area contributed by atoms with Crippen molar-refractivity contribution in [3.8, 4) is 0 Å². The average Bonchev–Trinajstić information content (AvgIpc) is 3.29. The molecule has 3 rings (SSSR count). The van der Waals surface area contributed by atoms with Crippen molar-refractivity contribution in [3.63, 3.8) is 0 Å². The molecule has 23 heavy (non-hydrogen) atoms. The van der Waals surface area contributed by atoms with Crippen LogP contribution in [0.15, 0.2) is 29.2 Å². The van der Waals surface area contributed by atoms with Crippen molar-refractivity contribution < 1.29 is 8.42 Å². The number of nitrogens with two attached hydrogens (primary N) is 1. The molecule has 5 heteroatoms. The van der Waals surface area contributed by atoms with Gasteiger partial charge in [0, 0.05) is 19.1 Å². The third kappa shape index (κ3) is 3.19. The first kappa shape index (κ1) is 16.9. The Morgan fingerprint density at radius 2 is 1.78 bits per heavy atom. The molecule has 0 aromatic heterocycles. The molecule has 1 aliphatic carbocycles. The highest BCUT2D eigenvalue weighted by Gasteiger charge is 2.44. The van der Waals surface area contributed by atoms with E-state index >= 15 is 0 Å². The zero-order chi connectivity index (χ0) is 16.8. The maximum atomic E-state index is 12.9. The van der Waals surface area contributed by atoms with Gasteiger partial charge in [-0.2, -0.15) is 4.31 Å². The molecule has 1 aliphatic heterocycles. The average molecular weight is 337 g/mol. The van der Waals surface area contributed by atoms with Gasteiger partial charge in [0.05, 0.1) is 4.90 Å². The lowest BCUT2D eigenvalue weighted by molar-refractivity contribution is 0.428. The third-order valence-electron chi connectivity index (χ3n) is 5.76. The lowest BCUT2D eigenvalue weighted by atomic mass is 9.82. The molecular weight excluding hydrogens is 308 g/mol. The van der Waals surface area contributed by atoms with E-state index in [9.17, 15) is 8.42 Å². The number of sulfonamides is 1. The van der Waals surface area contributed by atoms with Crippen molar-refractivity contribution in [1.82, 2.24) is 4.31 Å². The Bertz CT molecular complexity index is 663. The van der Waals surface area contributed by atoms with Gasteiger partial charge in [0.2, 0.25) is 10.0 Å². The summed E-state index contributed by atoms with van der Waals surface area (Å²) in [6, 6.07) is 7.38. The summed E-state index contributed by atoms with van der Waals surface area (Å²) in [5, 5.41) is 0. The van der Waals surface area contributed by atoms with Crippen molar-refractivity contribution in [2.45, 2.75) is 56.4 Å². The first-order valence-electron chi connectivity index (χ1n) is 8.62. The van der Waals surface area contributed by atoms with Crippen LogP contribution in [-0.2, 0) is 15.4 Å². The highest BCUT2D eigenvalue weighted by molar-refractivity contribution is 7.89. The van der Waals surface area contributed by atoms with Crippen molar-refractivity contribution >= 4 is 10.0 Å². The van der Waals surface area contributed by atoms with Crippen LogP contribution in [0.25, 0.3) is 0 Å². The predicted molar refractivity (Wildman–Crippen MR) is 92.7 cm³/mol. The Kier molecular flexibility index (Phi) is 4.32. The fourth-order valence-corrected chi connectivity index (χ4v) is 4.98. The van der Waals surface area contributed by atoms with Crippen LogP contribution in [0.1, 0.15) is 45.6 Å². The fourth-order valence-electron chi connectivity index (χ4n) is 3.47. The number of rotatable bonds is 5. The van der Waals surface area contributed by atoms with E-state index in [1.807, 2.05) is 12.1 Å². The second-order valence-corrected chi connectivity index (χ2v) is 9.69. The van der Waals surface area contributed by atoms with E-state index < -0.39 is 10.0 Å². The van der Waals surface area contributed by atoms with E-state index in [-0.39, 0.29) is 11.5 Å². The quantitative estimate of drug-likeness (QED) is 0.899. The molecule has 0 unspecified atom stereocenters. The van der Waals surface area contributed by atoms with Gasteiger partial charge in [0.25, 0.3) is 0 Å². The zero-order valence-corrected chi connectivity index (χ0v) is 15.1. The van der Waals surface area contributed by atoms with Crippen molar-refractivity contribution in [1.29, 1.82) is 0 Å². The summed E-state index contributed by atoms with van der Waals surface area (Å²) < 4.78 is 27.3. The molecule has 1 aromatic carbocycles. The highest BCUT2D eigenvalue weighted by atomic mass is 32.2. The van der Waals surface area contributed by atoms with E-state index in [1.165, 1.54) is 18.4 Å². The van der Waals surface area contributed by atoms with Crippen molar-refractivity contribution in [3.05, 3.63) is 29.8 Å². The second-order valence-electron chi connectivity index (χ2n) is 7.75. The topological polar surface area (TPSA) is 63.4 Å². The van der Waals surface area contributed by atoms with Gasteiger partial charge in [-0.15, -0.1) is 0 Å². The van der Waals surface area contributed by atoms with E-state index in [4.69, 9.17) is 5.73 Å². The van der Waals surface area contributed by atoms with Gasteiger partial charge in [0.1, 0.15) is 0 Å². The van der Waals surface area contributed by atoms with Crippen LogP contribution in [0.2, 0.25) is 0 Å². The molecule has 0 bridgehead atoms. The SMILES string of the molecule is CCC(C)(C)c1ccc(S(=O)(=O)N2C[C@H](C3CC3)[C@@H](N)C2)cc1. The summed E-state index contributed by atoms with van der Waals surface area (Å²) in [4.78, 5) is 0.386. The van der Waals surface area contributed by atoms with Crippen LogP contribution in [0.3, 0.4) is 0 Å². The van der Waals surface area contributed by atoms with Gasteiger partial charge >= 0.3 is 0 Å². The predicted octanol–water partition coefficient (Wildman–Crippen LogP) is 2.73. The maximum Gasteiger partial charge on any atom is 0.243 e. The van der Waals surface area contributed by atoms with Gasteiger partial charge in [-0.1, -0.05) is 32.9 Å². The highest BCUT2D eigenvalue weighted by Crippen LogP contribution is 2.42. The van der Waals surface area contributed by atoms with E-state index in [2.05, 4.69) is 20.8 Å². The molecule has 128 valence electrons. The molecule has 2 fully saturated rings. The van der Waals surface area contributed by atoms with E-state index in [0.717, 1.165) is 6.42 Å². The van der Waals surface area contributed by atoms with Crippen LogP contribution in [0.5, 0.6) is 0 Å². The molecule has 1 heterocycles. The minimum absolute atomic E-state index is 0.0180. The lowest BCUT2D eigenvalue weighted by Crippen LogP contribution is -2.32. The molecule has 4 nitrogen and oxygen atoms in total. The van der Waals surface area contributed by atoms with E-state index in [0.29, 0.717) is 29.8 Å². The molecule has 2 N–H and O–H groups in total. The molecule has 0 amide bonds. The van der Waals surface area contributed by atoms with E-state index in [1.54, 1.807) is 16.4 Å². The number of nitrogens with zero attached hydrogens (tertiary/aromatic N) is 1. The van der Waals surface area contributed by atoms with Gasteiger partial charge in [-0.25, -0.2) is 8.42 Å². The standard InChI is InChI=1S/C18H28N2O2S/c1-4-18(2,3)14-7-9-15(10-8-14)23(21,22)20-11-16(13-5-6-13)17(19)12-20/h7-10,13,16-17H,4-6,11-12,19H2,1-3H3/t16-,17+/m1/s1. The molecule has 1 saturated carbocycles. The molecule has 0 radical (unpaired) electrons. The van der Waals surface area contributed by atoms with Gasteiger partial charge < -0.3 is 5.73 Å². The smallest absolute Gasteiger partial charge is 0.243 e. The summed E-state index contributed by atoms with van der Waals surface area (Å²) in [6.07, 6.45) is 3.42. The summed E-state index contributed by atoms with van der Waals surface area (Å²) in [5.74, 6) is 0.973. The number of benzene rings is 1. The van der Waals surface area contributed by atoms with Crippen LogP contribution in [0, 0.1) is 11.8 Å². The van der Waals surface area contributed by atoms with Crippen LogP contribution < -0.4 is 5.73 Å². The summed E-state index contributed by atoms with van der Waals surface area (Å²) >= 11 is 0. The molecule has 2 aliphatic rings. The first-order chi connectivity index (χ1) is 10.8. The lowest BCUT2D eigenvalue weighted by Gasteiger charge is -2.24. The minimum atomic E-state index is -3.43. The van der Waals surface area contributed by atoms with Crippen LogP contribution in [-0.4, -0.2) is 31.9 Å². The van der Waals surface area contributed by atoms with Gasteiger partial charge in [-0.05, 0) is 54.2 Å². The van der Waals surface area contributed by atoms with Crippen molar-refractivity contribution in [2.24, 2.45) is 17.6 Å². The van der Waals surface area contributed by atoms with Crippen LogP contribution >= 0.6 is 0 Å². The number of hydrogen-bond acceptors (Lipinski definition) is 3. The van der Waals surface area contributed by atoms with Crippen LogP contribution in [0.4, 0.5) is 0 Å². The zero-order valence-electron chi connectivity index (χ0n) is 14.3. The first-order valence-corrected chi connectivity index (χ1v) is 10.1. The fraction of sp³-hybridized carbons (Fsp3) is 0.667. The number of hydrogen-bond donors (Lipinski definition) is 1. The Hall–Kier alpha value is -0.910. The summed E-state index contributed by atoms with van der Waals surface area (Å²) in [6.45, 7) is 7.53. The third-order valence-corrected chi connectivity index (χ3v) is 7.61. The van der Waals surface area contributed by atoms with Gasteiger partial charge in [-0.3, -0.25) is 0 Å². The largest absolute Gasteiger partial charge is 0.326 e.